The van der Waals surface area contributed by atoms with Crippen molar-refractivity contribution >= 4 is 49.2 Å². The van der Waals surface area contributed by atoms with E-state index in [1.807, 2.05) is 12.3 Å². The first-order valence-corrected chi connectivity index (χ1v) is 18.1. The van der Waals surface area contributed by atoms with Crippen LogP contribution in [-0.4, -0.2) is 36.7 Å². The van der Waals surface area contributed by atoms with Crippen LogP contribution >= 0.6 is 0 Å². The molecule has 2 aliphatic carbocycles. The molecule has 0 saturated heterocycles. The van der Waals surface area contributed by atoms with Crippen molar-refractivity contribution in [1.29, 1.82) is 0 Å². The van der Waals surface area contributed by atoms with Crippen LogP contribution < -0.4 is 5.32 Å². The van der Waals surface area contributed by atoms with E-state index in [1.165, 1.54) is 60.3 Å². The molecule has 10 rings (SSSR count). The highest BCUT2D eigenvalue weighted by Gasteiger charge is 2.42. The molecule has 0 fully saturated rings. The van der Waals surface area contributed by atoms with Crippen molar-refractivity contribution < 1.29 is 10.2 Å². The number of nitrogens with one attached hydrogen (secondary N) is 1. The van der Waals surface area contributed by atoms with Crippen LogP contribution in [0.25, 0.3) is 49.2 Å². The number of hydrogen-bond acceptors (Lipinski definition) is 4. The van der Waals surface area contributed by atoms with Crippen molar-refractivity contribution in [2.45, 2.75) is 70.4 Å². The number of aromatic nitrogens is 3. The quantitative estimate of drug-likeness (QED) is 0.177. The Morgan fingerprint density at radius 2 is 1.28 bits per heavy atom. The van der Waals surface area contributed by atoms with Crippen LogP contribution in [0.1, 0.15) is 67.3 Å². The second-order valence-electron chi connectivity index (χ2n) is 14.2. The van der Waals surface area contributed by atoms with Gasteiger partial charge in [-0.25, -0.2) is 0 Å². The average Bonchev–Trinajstić information content (AvgIpc) is 3.65. The lowest BCUT2D eigenvalue weighted by molar-refractivity contribution is 0.117. The molecule has 0 amide bonds. The predicted octanol–water partition coefficient (Wildman–Crippen LogP) is 8.74. The molecule has 50 heavy (non-hydrogen) atoms. The molecule has 6 nitrogen and oxygen atoms in total. The van der Waals surface area contributed by atoms with Crippen molar-refractivity contribution in [3.63, 3.8) is 0 Å². The molecule has 0 saturated carbocycles. The highest BCUT2D eigenvalue weighted by atomic mass is 16.3. The summed E-state index contributed by atoms with van der Waals surface area (Å²) in [6, 6.07) is 35.3. The van der Waals surface area contributed by atoms with Gasteiger partial charge in [0.15, 0.2) is 0 Å². The van der Waals surface area contributed by atoms with Crippen LogP contribution in [0.2, 0.25) is 0 Å². The molecule has 0 bridgehead atoms. The number of benzene rings is 4. The molecule has 0 radical (unpaired) electrons. The lowest BCUT2D eigenvalue weighted by atomic mass is 9.67. The van der Waals surface area contributed by atoms with Gasteiger partial charge in [-0.05, 0) is 90.6 Å². The summed E-state index contributed by atoms with van der Waals surface area (Å²) < 4.78 is 4.78. The number of aryl methyl sites for hydroxylation is 2. The summed E-state index contributed by atoms with van der Waals surface area (Å²) in [4.78, 5) is 5.08. The van der Waals surface area contributed by atoms with E-state index in [1.54, 1.807) is 0 Å². The zero-order valence-electron chi connectivity index (χ0n) is 28.4. The standard InChI is InChI=1S/C44H40N4O2/c1-3-47-36-13-7-5-10-27(36)32-20-25(15-17-38(32)47)30-23-41(50)46-35-24-40(49)34-22-31(44-29(12-9-19-45-44)42(34)43(30)35)26-16-18-39-33(21-26)28-11-6-8-14-37(28)48(39)4-2/h5-21,30-31,40-41,46,49-50H,3-4,22-24H2,1-2H3. The Hall–Kier alpha value is -5.17. The number of aliphatic hydroxyl groups is 2. The minimum absolute atomic E-state index is 0.0204. The lowest BCUT2D eigenvalue weighted by Gasteiger charge is -2.43. The maximum atomic E-state index is 11.9. The Bertz CT molecular complexity index is 2590. The molecule has 3 N–H and O–H groups in total. The highest BCUT2D eigenvalue weighted by molar-refractivity contribution is 6.09. The molecule has 4 heterocycles. The van der Waals surface area contributed by atoms with E-state index >= 15 is 0 Å². The molecule has 248 valence electrons. The molecule has 7 aromatic rings. The van der Waals surface area contributed by atoms with Gasteiger partial charge in [0.05, 0.1) is 11.8 Å². The van der Waals surface area contributed by atoms with Crippen molar-refractivity contribution in [2.24, 2.45) is 0 Å². The molecule has 6 heteroatoms. The number of rotatable bonds is 4. The van der Waals surface area contributed by atoms with Crippen LogP contribution in [0.15, 0.2) is 120 Å². The van der Waals surface area contributed by atoms with Crippen LogP contribution in [-0.2, 0) is 13.1 Å². The number of nitrogens with zero attached hydrogens (tertiary/aromatic N) is 3. The summed E-state index contributed by atoms with van der Waals surface area (Å²) in [5, 5.41) is 31.5. The van der Waals surface area contributed by atoms with Gasteiger partial charge in [-0.3, -0.25) is 4.98 Å². The van der Waals surface area contributed by atoms with Crippen molar-refractivity contribution in [1.82, 2.24) is 19.4 Å². The molecule has 0 spiro atoms. The van der Waals surface area contributed by atoms with Crippen molar-refractivity contribution in [3.8, 4) is 0 Å². The average molecular weight is 657 g/mol. The number of pyridine rings is 1. The van der Waals surface area contributed by atoms with Gasteiger partial charge in [0, 0.05) is 98.8 Å². The summed E-state index contributed by atoms with van der Waals surface area (Å²) >= 11 is 0. The second kappa shape index (κ2) is 11.2. The van der Waals surface area contributed by atoms with Gasteiger partial charge in [-0.1, -0.05) is 54.6 Å². The molecule has 1 aliphatic heterocycles. The summed E-state index contributed by atoms with van der Waals surface area (Å²) in [6.45, 7) is 6.22. The SMILES string of the molecule is CCn1c2ccccc2c2cc(C3CC(O)NC4=C3C3=C(CC(c5ccc6c(c5)c5ccccc5n6CC)c5ncccc53)C(O)C4)ccc21. The number of fused-ring (bicyclic) bond motifs is 9. The molecular formula is C44H40N4O2. The summed E-state index contributed by atoms with van der Waals surface area (Å²) in [5.41, 5.74) is 13.9. The topological polar surface area (TPSA) is 75.2 Å². The summed E-state index contributed by atoms with van der Waals surface area (Å²) in [5.74, 6) is -0.0139. The zero-order valence-corrected chi connectivity index (χ0v) is 28.4. The highest BCUT2D eigenvalue weighted by Crippen LogP contribution is 2.54. The van der Waals surface area contributed by atoms with E-state index in [-0.39, 0.29) is 11.8 Å². The van der Waals surface area contributed by atoms with Gasteiger partial charge >= 0.3 is 0 Å². The molecule has 4 aromatic carbocycles. The zero-order chi connectivity index (χ0) is 33.7. The Morgan fingerprint density at radius 3 is 1.92 bits per heavy atom. The van der Waals surface area contributed by atoms with Crippen molar-refractivity contribution in [2.75, 3.05) is 0 Å². The maximum absolute atomic E-state index is 11.9. The first kappa shape index (κ1) is 29.7. The molecular weight excluding hydrogens is 617 g/mol. The third-order valence-electron chi connectivity index (χ3n) is 11.8. The van der Waals surface area contributed by atoms with E-state index < -0.39 is 12.3 Å². The van der Waals surface area contributed by atoms with Crippen LogP contribution in [0, 0.1) is 0 Å². The van der Waals surface area contributed by atoms with E-state index in [9.17, 15) is 10.2 Å². The van der Waals surface area contributed by atoms with Gasteiger partial charge in [-0.2, -0.15) is 0 Å². The number of hydrogen-bond donors (Lipinski definition) is 3. The second-order valence-corrected chi connectivity index (χ2v) is 14.2. The molecule has 4 atom stereocenters. The van der Waals surface area contributed by atoms with Crippen LogP contribution in [0.5, 0.6) is 0 Å². The lowest BCUT2D eigenvalue weighted by Crippen LogP contribution is -2.41. The molecule has 3 aliphatic rings. The van der Waals surface area contributed by atoms with Gasteiger partial charge < -0.3 is 24.7 Å². The normalized spacial score (nSPS) is 21.9. The van der Waals surface area contributed by atoms with E-state index in [0.717, 1.165) is 41.2 Å². The largest absolute Gasteiger partial charge is 0.388 e. The smallest absolute Gasteiger partial charge is 0.125 e. The van der Waals surface area contributed by atoms with Gasteiger partial charge in [0.1, 0.15) is 6.23 Å². The summed E-state index contributed by atoms with van der Waals surface area (Å²) in [6.07, 6.45) is 2.29. The first-order valence-electron chi connectivity index (χ1n) is 18.1. The Kier molecular flexibility index (Phi) is 6.64. The van der Waals surface area contributed by atoms with E-state index in [0.29, 0.717) is 19.3 Å². The molecule has 3 aromatic heterocycles. The third-order valence-corrected chi connectivity index (χ3v) is 11.8. The monoisotopic (exact) mass is 656 g/mol. The third kappa shape index (κ3) is 4.18. The Labute approximate surface area is 291 Å². The van der Waals surface area contributed by atoms with E-state index in [2.05, 4.69) is 119 Å². The maximum Gasteiger partial charge on any atom is 0.125 e. The van der Waals surface area contributed by atoms with Gasteiger partial charge in [-0.15, -0.1) is 0 Å². The number of allylic oxidation sites excluding steroid dienone is 2. The number of aliphatic hydroxyl groups excluding tert-OH is 2. The predicted molar refractivity (Wildman–Crippen MR) is 202 cm³/mol. The van der Waals surface area contributed by atoms with Gasteiger partial charge in [0.25, 0.3) is 0 Å². The first-order chi connectivity index (χ1) is 24.5. The Morgan fingerprint density at radius 1 is 0.680 bits per heavy atom. The minimum atomic E-state index is -0.692. The fourth-order valence-corrected chi connectivity index (χ4v) is 9.65. The fraction of sp³-hybridized carbons (Fsp3) is 0.250. The molecule has 4 unspecified atom stereocenters. The van der Waals surface area contributed by atoms with E-state index in [4.69, 9.17) is 4.98 Å². The van der Waals surface area contributed by atoms with Crippen LogP contribution in [0.4, 0.5) is 0 Å². The number of para-hydroxylation sites is 2. The fourth-order valence-electron chi connectivity index (χ4n) is 9.65. The summed E-state index contributed by atoms with van der Waals surface area (Å²) in [7, 11) is 0. The van der Waals surface area contributed by atoms with Gasteiger partial charge in [0.2, 0.25) is 0 Å². The van der Waals surface area contributed by atoms with Crippen LogP contribution in [0.3, 0.4) is 0 Å². The Balaban J connectivity index is 1.13. The minimum Gasteiger partial charge on any atom is -0.388 e. The van der Waals surface area contributed by atoms with Crippen molar-refractivity contribution in [3.05, 3.63) is 142 Å².